The smallest absolute Gasteiger partial charge is 0.264 e. The molecule has 0 saturated carbocycles. The van der Waals surface area contributed by atoms with E-state index in [-0.39, 0.29) is 17.3 Å². The number of carbonyl (C=O) groups excluding carboxylic acids is 2. The van der Waals surface area contributed by atoms with Gasteiger partial charge in [0.1, 0.15) is 12.6 Å². The van der Waals surface area contributed by atoms with Gasteiger partial charge < -0.3 is 10.2 Å². The van der Waals surface area contributed by atoms with E-state index in [2.05, 4.69) is 5.32 Å². The molecular weight excluding hydrogens is 545 g/mol. The molecule has 0 heterocycles. The molecule has 202 valence electrons. The molecule has 1 N–H and O–H groups in total. The van der Waals surface area contributed by atoms with Gasteiger partial charge in [-0.05, 0) is 69.7 Å². The van der Waals surface area contributed by atoms with Crippen molar-refractivity contribution in [1.82, 2.24) is 10.2 Å². The third kappa shape index (κ3) is 7.07. The molecule has 1 unspecified atom stereocenters. The zero-order valence-electron chi connectivity index (χ0n) is 21.7. The van der Waals surface area contributed by atoms with Gasteiger partial charge in [-0.3, -0.25) is 13.9 Å². The topological polar surface area (TPSA) is 86.8 Å². The van der Waals surface area contributed by atoms with Crippen LogP contribution < -0.4 is 9.62 Å². The Morgan fingerprint density at radius 2 is 1.50 bits per heavy atom. The van der Waals surface area contributed by atoms with Gasteiger partial charge in [-0.25, -0.2) is 8.42 Å². The predicted molar refractivity (Wildman–Crippen MR) is 152 cm³/mol. The van der Waals surface area contributed by atoms with Crippen molar-refractivity contribution >= 4 is 50.7 Å². The number of sulfonamides is 1. The molecule has 0 aliphatic rings. The highest BCUT2D eigenvalue weighted by Gasteiger charge is 2.32. The molecule has 0 bridgehead atoms. The summed E-state index contributed by atoms with van der Waals surface area (Å²) in [5, 5.41) is 3.49. The number of anilines is 1. The van der Waals surface area contributed by atoms with Gasteiger partial charge in [0, 0.05) is 23.1 Å². The molecule has 7 nitrogen and oxygen atoms in total. The fourth-order valence-electron chi connectivity index (χ4n) is 3.82. The van der Waals surface area contributed by atoms with E-state index >= 15 is 0 Å². The van der Waals surface area contributed by atoms with Crippen LogP contribution in [0.4, 0.5) is 5.69 Å². The number of nitrogens with one attached hydrogen (secondary N) is 1. The first-order valence-electron chi connectivity index (χ1n) is 12.1. The average Bonchev–Trinajstić information content (AvgIpc) is 2.87. The standard InChI is InChI=1S/C28H31Cl2N3O4S/c1-5-31-28(35)21(4)32(17-22-10-11-23(29)16-26(22)30)27(34)18-33(24-12-6-19(2)7-13-24)38(36,37)25-14-8-20(3)9-15-25/h6-16,21H,5,17-18H2,1-4H3,(H,31,35). The molecule has 0 fully saturated rings. The highest BCUT2D eigenvalue weighted by atomic mass is 35.5. The van der Waals surface area contributed by atoms with Crippen LogP contribution in [0.5, 0.6) is 0 Å². The average molecular weight is 577 g/mol. The number of hydrogen-bond donors (Lipinski definition) is 1. The van der Waals surface area contributed by atoms with Crippen LogP contribution >= 0.6 is 23.2 Å². The van der Waals surface area contributed by atoms with Crippen molar-refractivity contribution in [3.05, 3.63) is 93.5 Å². The number of rotatable bonds is 10. The minimum Gasteiger partial charge on any atom is -0.355 e. The SMILES string of the molecule is CCNC(=O)C(C)N(Cc1ccc(Cl)cc1Cl)C(=O)CN(c1ccc(C)cc1)S(=O)(=O)c1ccc(C)cc1. The molecule has 0 aromatic heterocycles. The van der Waals surface area contributed by atoms with Crippen LogP contribution in [0.25, 0.3) is 0 Å². The fraction of sp³-hybridized carbons (Fsp3) is 0.286. The summed E-state index contributed by atoms with van der Waals surface area (Å²) >= 11 is 12.4. The summed E-state index contributed by atoms with van der Waals surface area (Å²) in [6.45, 7) is 6.97. The molecule has 38 heavy (non-hydrogen) atoms. The van der Waals surface area contributed by atoms with Crippen molar-refractivity contribution in [3.8, 4) is 0 Å². The number of aryl methyl sites for hydroxylation is 2. The van der Waals surface area contributed by atoms with Crippen molar-refractivity contribution in [2.24, 2.45) is 0 Å². The molecule has 3 aromatic rings. The Kier molecular flexibility index (Phi) is 9.82. The Morgan fingerprint density at radius 1 is 0.921 bits per heavy atom. The maximum Gasteiger partial charge on any atom is 0.264 e. The number of likely N-dealkylation sites (N-methyl/N-ethyl adjacent to an activating group) is 1. The molecular formula is C28H31Cl2N3O4S. The maximum absolute atomic E-state index is 13.8. The van der Waals surface area contributed by atoms with Crippen LogP contribution in [-0.2, 0) is 26.2 Å². The zero-order chi connectivity index (χ0) is 28.0. The van der Waals surface area contributed by atoms with E-state index in [0.29, 0.717) is 27.8 Å². The second kappa shape index (κ2) is 12.7. The lowest BCUT2D eigenvalue weighted by atomic mass is 10.1. The second-order valence-electron chi connectivity index (χ2n) is 8.99. The molecule has 0 aliphatic heterocycles. The Morgan fingerprint density at radius 3 is 2.05 bits per heavy atom. The molecule has 10 heteroatoms. The lowest BCUT2D eigenvalue weighted by Crippen LogP contribution is -2.51. The van der Waals surface area contributed by atoms with Gasteiger partial charge in [0.25, 0.3) is 10.0 Å². The summed E-state index contributed by atoms with van der Waals surface area (Å²) in [6, 6.07) is 17.3. The van der Waals surface area contributed by atoms with Crippen molar-refractivity contribution in [2.75, 3.05) is 17.4 Å². The first-order chi connectivity index (χ1) is 17.9. The number of nitrogens with zero attached hydrogens (tertiary/aromatic N) is 2. The monoisotopic (exact) mass is 575 g/mol. The summed E-state index contributed by atoms with van der Waals surface area (Å²) in [7, 11) is -4.11. The van der Waals surface area contributed by atoms with Crippen LogP contribution in [-0.4, -0.2) is 44.3 Å². The van der Waals surface area contributed by atoms with Gasteiger partial charge in [-0.2, -0.15) is 0 Å². The summed E-state index contributed by atoms with van der Waals surface area (Å²) in [4.78, 5) is 28.0. The summed E-state index contributed by atoms with van der Waals surface area (Å²) < 4.78 is 28.6. The normalized spacial score (nSPS) is 12.1. The number of hydrogen-bond acceptors (Lipinski definition) is 4. The Labute approximate surface area is 234 Å². The van der Waals surface area contributed by atoms with E-state index in [4.69, 9.17) is 23.2 Å². The number of amides is 2. The molecule has 0 radical (unpaired) electrons. The van der Waals surface area contributed by atoms with Crippen LogP contribution in [0.15, 0.2) is 71.6 Å². The highest BCUT2D eigenvalue weighted by molar-refractivity contribution is 7.92. The first kappa shape index (κ1) is 29.5. The number of halogens is 2. The van der Waals surface area contributed by atoms with Crippen LogP contribution in [0.3, 0.4) is 0 Å². The van der Waals surface area contributed by atoms with Crippen molar-refractivity contribution in [2.45, 2.75) is 45.2 Å². The van der Waals surface area contributed by atoms with Crippen molar-refractivity contribution < 1.29 is 18.0 Å². The molecule has 0 spiro atoms. The lowest BCUT2D eigenvalue weighted by molar-refractivity contribution is -0.139. The van der Waals surface area contributed by atoms with E-state index in [1.165, 1.54) is 17.0 Å². The van der Waals surface area contributed by atoms with E-state index in [9.17, 15) is 18.0 Å². The van der Waals surface area contributed by atoms with Crippen LogP contribution in [0.1, 0.15) is 30.5 Å². The largest absolute Gasteiger partial charge is 0.355 e. The van der Waals surface area contributed by atoms with Crippen LogP contribution in [0, 0.1) is 13.8 Å². The first-order valence-corrected chi connectivity index (χ1v) is 14.3. The number of benzene rings is 3. The molecule has 3 aromatic carbocycles. The molecule has 3 rings (SSSR count). The van der Waals surface area contributed by atoms with Gasteiger partial charge in [-0.15, -0.1) is 0 Å². The minimum absolute atomic E-state index is 0.0144. The minimum atomic E-state index is -4.11. The molecule has 1 atom stereocenters. The van der Waals surface area contributed by atoms with Crippen molar-refractivity contribution in [1.29, 1.82) is 0 Å². The summed E-state index contributed by atoms with van der Waals surface area (Å²) in [6.07, 6.45) is 0. The summed E-state index contributed by atoms with van der Waals surface area (Å²) in [5.74, 6) is -0.930. The zero-order valence-corrected chi connectivity index (χ0v) is 24.1. The van der Waals surface area contributed by atoms with Crippen molar-refractivity contribution in [3.63, 3.8) is 0 Å². The molecule has 0 aliphatic carbocycles. The lowest BCUT2D eigenvalue weighted by Gasteiger charge is -2.32. The fourth-order valence-corrected chi connectivity index (χ4v) is 5.70. The van der Waals surface area contributed by atoms with Gasteiger partial charge in [-0.1, -0.05) is 64.7 Å². The Hall–Kier alpha value is -3.07. The van der Waals surface area contributed by atoms with Gasteiger partial charge >= 0.3 is 0 Å². The molecule has 2 amide bonds. The predicted octanol–water partition coefficient (Wildman–Crippen LogP) is 5.36. The van der Waals surface area contributed by atoms with Crippen LogP contribution in [0.2, 0.25) is 10.0 Å². The highest BCUT2D eigenvalue weighted by Crippen LogP contribution is 2.27. The van der Waals surface area contributed by atoms with E-state index < -0.39 is 28.5 Å². The Balaban J connectivity index is 2.04. The number of carbonyl (C=O) groups is 2. The Bertz CT molecular complexity index is 1390. The van der Waals surface area contributed by atoms with E-state index in [1.54, 1.807) is 68.4 Å². The molecule has 0 saturated heterocycles. The van der Waals surface area contributed by atoms with E-state index in [1.807, 2.05) is 13.8 Å². The maximum atomic E-state index is 13.8. The van der Waals surface area contributed by atoms with Gasteiger partial charge in [0.2, 0.25) is 11.8 Å². The van der Waals surface area contributed by atoms with E-state index in [0.717, 1.165) is 15.4 Å². The second-order valence-corrected chi connectivity index (χ2v) is 11.7. The third-order valence-electron chi connectivity index (χ3n) is 6.08. The summed E-state index contributed by atoms with van der Waals surface area (Å²) in [5.41, 5.74) is 2.75. The third-order valence-corrected chi connectivity index (χ3v) is 8.46. The van der Waals surface area contributed by atoms with Gasteiger partial charge in [0.05, 0.1) is 10.6 Å². The van der Waals surface area contributed by atoms with Gasteiger partial charge in [0.15, 0.2) is 0 Å². The quantitative estimate of drug-likeness (QED) is 0.352.